The maximum absolute atomic E-state index is 13.2. The summed E-state index contributed by atoms with van der Waals surface area (Å²) >= 11 is 1.19. The molecule has 1 aliphatic carbocycles. The van der Waals surface area contributed by atoms with Crippen LogP contribution in [0.15, 0.2) is 34.9 Å². The third kappa shape index (κ3) is 2.73. The van der Waals surface area contributed by atoms with Crippen LogP contribution in [0.25, 0.3) is 15.9 Å². The van der Waals surface area contributed by atoms with Crippen LogP contribution in [0.2, 0.25) is 0 Å². The molecule has 0 saturated carbocycles. The highest BCUT2D eigenvalue weighted by Gasteiger charge is 2.32. The first-order valence-corrected chi connectivity index (χ1v) is 9.87. The second-order valence-electron chi connectivity index (χ2n) is 6.79. The predicted molar refractivity (Wildman–Crippen MR) is 104 cm³/mol. The van der Waals surface area contributed by atoms with E-state index in [1.807, 2.05) is 6.07 Å². The topological polar surface area (TPSA) is 118 Å². The summed E-state index contributed by atoms with van der Waals surface area (Å²) in [7, 11) is 1.55. The highest BCUT2D eigenvalue weighted by atomic mass is 32.1. The van der Waals surface area contributed by atoms with E-state index in [2.05, 4.69) is 10.3 Å². The lowest BCUT2D eigenvalue weighted by Gasteiger charge is -2.00. The van der Waals surface area contributed by atoms with Gasteiger partial charge in [0, 0.05) is 23.2 Å². The Morgan fingerprint density at radius 2 is 2.10 bits per heavy atom. The molecule has 4 aromatic rings. The fourth-order valence-corrected chi connectivity index (χ4v) is 4.65. The van der Waals surface area contributed by atoms with Gasteiger partial charge in [0.2, 0.25) is 5.69 Å². The van der Waals surface area contributed by atoms with Crippen LogP contribution in [0.4, 0.5) is 5.69 Å². The van der Waals surface area contributed by atoms with Gasteiger partial charge in [0.05, 0.1) is 18.1 Å². The van der Waals surface area contributed by atoms with E-state index in [1.54, 1.807) is 31.4 Å². The Morgan fingerprint density at radius 3 is 2.86 bits per heavy atom. The van der Waals surface area contributed by atoms with Gasteiger partial charge < -0.3 is 20.1 Å². The summed E-state index contributed by atoms with van der Waals surface area (Å²) in [4.78, 5) is 18.9. The number of methoxy groups -OCH3 is 1. The van der Waals surface area contributed by atoms with Crippen LogP contribution in [0.1, 0.15) is 33.0 Å². The number of nitrogens with two attached hydrogens (primary N) is 1. The smallest absolute Gasteiger partial charge is 0.312 e. The van der Waals surface area contributed by atoms with Crippen LogP contribution in [0, 0.1) is 0 Å². The summed E-state index contributed by atoms with van der Waals surface area (Å²) in [5.41, 5.74) is 9.14. The molecular weight excluding hydrogens is 392 g/mol. The largest absolute Gasteiger partial charge is 0.539 e. The van der Waals surface area contributed by atoms with Crippen molar-refractivity contribution in [3.8, 4) is 17.4 Å². The molecule has 0 fully saturated rings. The van der Waals surface area contributed by atoms with E-state index >= 15 is 0 Å². The monoisotopic (exact) mass is 408 g/mol. The Bertz CT molecular complexity index is 1260. The number of thiophene rings is 1. The number of aromatic nitrogens is 3. The van der Waals surface area contributed by atoms with Crippen molar-refractivity contribution in [3.05, 3.63) is 52.2 Å². The lowest BCUT2D eigenvalue weighted by atomic mass is 10.1. The third-order valence-electron chi connectivity index (χ3n) is 5.10. The van der Waals surface area contributed by atoms with E-state index in [4.69, 9.17) is 15.0 Å². The molecule has 0 unspecified atom stereocenters. The number of carbonyl (C=O) groups excluding carboxylic acids is 1. The molecule has 9 heteroatoms. The fourth-order valence-electron chi connectivity index (χ4n) is 3.61. The minimum Gasteiger partial charge on any atom is -0.539 e. The summed E-state index contributed by atoms with van der Waals surface area (Å²) in [6.45, 7) is 0. The molecule has 0 spiro atoms. The molecule has 146 valence electrons. The van der Waals surface area contributed by atoms with Gasteiger partial charge in [-0.15, -0.1) is 11.3 Å². The molecule has 3 heterocycles. The first-order valence-electron chi connectivity index (χ1n) is 9.05. The van der Waals surface area contributed by atoms with Crippen molar-refractivity contribution in [1.82, 2.24) is 10.3 Å². The van der Waals surface area contributed by atoms with Crippen molar-refractivity contribution >= 4 is 33.0 Å². The molecule has 29 heavy (non-hydrogen) atoms. The van der Waals surface area contributed by atoms with Gasteiger partial charge in [-0.25, -0.2) is 4.98 Å². The molecule has 2 N–H and O–H groups in total. The number of aryl methyl sites for hydroxylation is 2. The van der Waals surface area contributed by atoms with Gasteiger partial charge in [-0.1, -0.05) is 0 Å². The van der Waals surface area contributed by atoms with Gasteiger partial charge in [-0.2, -0.15) is 0 Å². The SMILES string of the molecule is COc1ccc(-[n+]2noc([O-])c2C(=O)c2sc3nc4c(cc3c2N)CCC4)cc1. The number of carbonyl (C=O) groups is 1. The number of hydrogen-bond donors (Lipinski definition) is 1. The first kappa shape index (κ1) is 17.6. The zero-order valence-electron chi connectivity index (χ0n) is 15.5. The molecule has 0 aliphatic heterocycles. The van der Waals surface area contributed by atoms with E-state index in [1.165, 1.54) is 21.6 Å². The summed E-state index contributed by atoms with van der Waals surface area (Å²) in [5, 5.41) is 16.8. The fraction of sp³-hybridized carbons (Fsp3) is 0.200. The normalized spacial score (nSPS) is 13.0. The van der Waals surface area contributed by atoms with Crippen LogP contribution in [-0.2, 0) is 12.8 Å². The summed E-state index contributed by atoms with van der Waals surface area (Å²) in [6.07, 6.45) is 2.97. The molecule has 1 aliphatic rings. The molecule has 0 radical (unpaired) electrons. The minimum absolute atomic E-state index is 0.207. The van der Waals surface area contributed by atoms with E-state index in [0.29, 0.717) is 22.0 Å². The van der Waals surface area contributed by atoms with Crippen molar-refractivity contribution in [3.63, 3.8) is 0 Å². The van der Waals surface area contributed by atoms with Gasteiger partial charge in [-0.3, -0.25) is 4.79 Å². The number of ether oxygens (including phenoxy) is 1. The third-order valence-corrected chi connectivity index (χ3v) is 6.21. The number of ketones is 1. The molecule has 3 aromatic heterocycles. The van der Waals surface area contributed by atoms with Gasteiger partial charge >= 0.3 is 5.69 Å². The first-order chi connectivity index (χ1) is 14.1. The van der Waals surface area contributed by atoms with E-state index < -0.39 is 11.7 Å². The van der Waals surface area contributed by atoms with Gasteiger partial charge in [-0.05, 0) is 47.7 Å². The lowest BCUT2D eigenvalue weighted by Crippen LogP contribution is -2.39. The Hall–Kier alpha value is -3.46. The van der Waals surface area contributed by atoms with Crippen LogP contribution in [-0.4, -0.2) is 23.1 Å². The van der Waals surface area contributed by atoms with Crippen LogP contribution < -0.4 is 20.3 Å². The number of nitrogens with zero attached hydrogens (tertiary/aromatic N) is 3. The van der Waals surface area contributed by atoms with E-state index in [9.17, 15) is 9.90 Å². The van der Waals surface area contributed by atoms with Gasteiger partial charge in [0.1, 0.15) is 15.5 Å². The zero-order chi connectivity index (χ0) is 20.1. The number of anilines is 1. The zero-order valence-corrected chi connectivity index (χ0v) is 16.3. The number of fused-ring (bicyclic) bond motifs is 2. The van der Waals surface area contributed by atoms with E-state index in [0.717, 1.165) is 30.3 Å². The average Bonchev–Trinajstić information content (AvgIpc) is 3.43. The lowest BCUT2D eigenvalue weighted by molar-refractivity contribution is -0.672. The summed E-state index contributed by atoms with van der Waals surface area (Å²) in [6, 6.07) is 8.77. The van der Waals surface area contributed by atoms with Crippen LogP contribution in [0.3, 0.4) is 0 Å². The molecular formula is C20H16N4O4S. The number of benzene rings is 1. The second-order valence-corrected chi connectivity index (χ2v) is 7.79. The van der Waals surface area contributed by atoms with Crippen molar-refractivity contribution in [2.45, 2.75) is 19.3 Å². The number of rotatable bonds is 4. The number of hydrogen-bond acceptors (Lipinski definition) is 8. The van der Waals surface area contributed by atoms with Gasteiger partial charge in [0.25, 0.3) is 5.78 Å². The Kier molecular flexibility index (Phi) is 3.99. The van der Waals surface area contributed by atoms with Crippen molar-refractivity contribution in [2.75, 3.05) is 12.8 Å². The van der Waals surface area contributed by atoms with Crippen LogP contribution >= 0.6 is 11.3 Å². The van der Waals surface area contributed by atoms with Gasteiger partial charge in [0.15, 0.2) is 5.95 Å². The quantitative estimate of drug-likeness (QED) is 0.405. The maximum Gasteiger partial charge on any atom is 0.312 e. The molecule has 1 aromatic carbocycles. The van der Waals surface area contributed by atoms with Crippen LogP contribution in [0.5, 0.6) is 11.7 Å². The predicted octanol–water partition coefficient (Wildman–Crippen LogP) is 1.95. The summed E-state index contributed by atoms with van der Waals surface area (Å²) < 4.78 is 11.1. The summed E-state index contributed by atoms with van der Waals surface area (Å²) in [5.74, 6) is -0.716. The molecule has 5 rings (SSSR count). The average molecular weight is 408 g/mol. The molecule has 8 nitrogen and oxygen atoms in total. The molecule has 0 saturated heterocycles. The van der Waals surface area contributed by atoms with Crippen molar-refractivity contribution in [2.24, 2.45) is 0 Å². The minimum atomic E-state index is -0.821. The highest BCUT2D eigenvalue weighted by Crippen LogP contribution is 2.37. The molecule has 0 atom stereocenters. The standard InChI is InChI=1S/C20H16N4O4S/c1-27-12-7-5-11(6-8-12)24-16(20(26)28-23-24)17(25)18-15(21)13-9-10-3-2-4-14(10)22-19(13)29-18/h5-9H,2-4H2,1H3,(H2-,21,23,25,26). The molecule has 0 bridgehead atoms. The molecule has 0 amide bonds. The Morgan fingerprint density at radius 1 is 1.31 bits per heavy atom. The highest BCUT2D eigenvalue weighted by molar-refractivity contribution is 7.21. The van der Waals surface area contributed by atoms with E-state index in [-0.39, 0.29) is 10.6 Å². The number of pyridine rings is 1. The van der Waals surface area contributed by atoms with Crippen molar-refractivity contribution < 1.29 is 23.8 Å². The number of nitrogen functional groups attached to an aromatic ring is 1. The second kappa shape index (κ2) is 6.56. The van der Waals surface area contributed by atoms with Crippen molar-refractivity contribution in [1.29, 1.82) is 0 Å². The maximum atomic E-state index is 13.2. The Labute approximate surface area is 169 Å². The Balaban J connectivity index is 1.61.